The van der Waals surface area contributed by atoms with Gasteiger partial charge >= 0.3 is 5.97 Å². The molecule has 2 atom stereocenters. The van der Waals surface area contributed by atoms with Crippen LogP contribution < -0.4 is 5.73 Å². The van der Waals surface area contributed by atoms with E-state index in [1.54, 1.807) is 0 Å². The first kappa shape index (κ1) is 25.6. The Morgan fingerprint density at radius 1 is 1.11 bits per heavy atom. The molecule has 0 radical (unpaired) electrons. The van der Waals surface area contributed by atoms with Gasteiger partial charge in [0, 0.05) is 30.6 Å². The second-order valence-corrected chi connectivity index (χ2v) is 9.97. The van der Waals surface area contributed by atoms with Crippen LogP contribution in [-0.2, 0) is 24.3 Å². The summed E-state index contributed by atoms with van der Waals surface area (Å²) in [5.74, 6) is -1.23. The van der Waals surface area contributed by atoms with Crippen LogP contribution >= 0.6 is 0 Å². The standard InChI is InChI=1S/C30H33N5O3/c1-3-35-27-12-11-25(19(2)29(27)32-33-35)26(17-28(36)37)22-10-9-21-16-24(13-14-31)34(18-23(21)15-22)30(38)20-7-5-4-6-8-20/h4-12,15,24,26H,3,13-14,16-18,31H2,1-2H3,(H,36,37)/t24?,26-/m1/s1. The maximum atomic E-state index is 13.5. The number of carboxylic acids is 1. The number of aromatic nitrogens is 3. The number of amides is 1. The van der Waals surface area contributed by atoms with Gasteiger partial charge in [-0.3, -0.25) is 9.59 Å². The molecule has 0 spiro atoms. The number of rotatable bonds is 8. The van der Waals surface area contributed by atoms with Crippen LogP contribution in [0.5, 0.6) is 0 Å². The summed E-state index contributed by atoms with van der Waals surface area (Å²) < 4.78 is 1.84. The summed E-state index contributed by atoms with van der Waals surface area (Å²) >= 11 is 0. The molecular weight excluding hydrogens is 478 g/mol. The third-order valence-electron chi connectivity index (χ3n) is 7.69. The van der Waals surface area contributed by atoms with Gasteiger partial charge in [0.2, 0.25) is 0 Å². The Morgan fingerprint density at radius 2 is 1.89 bits per heavy atom. The highest BCUT2D eigenvalue weighted by molar-refractivity contribution is 5.94. The first-order valence-corrected chi connectivity index (χ1v) is 13.1. The first-order valence-electron chi connectivity index (χ1n) is 13.1. The molecule has 1 amide bonds. The number of fused-ring (bicyclic) bond motifs is 2. The van der Waals surface area contributed by atoms with Crippen molar-refractivity contribution >= 4 is 22.9 Å². The molecule has 3 N–H and O–H groups in total. The summed E-state index contributed by atoms with van der Waals surface area (Å²) in [6.07, 6.45) is 1.40. The number of aliphatic carboxylic acids is 1. The number of aryl methyl sites for hydroxylation is 2. The number of carbonyl (C=O) groups is 2. The van der Waals surface area contributed by atoms with Crippen molar-refractivity contribution in [3.8, 4) is 0 Å². The van der Waals surface area contributed by atoms with Crippen molar-refractivity contribution in [1.82, 2.24) is 19.9 Å². The molecule has 196 valence electrons. The molecule has 5 rings (SSSR count). The quantitative estimate of drug-likeness (QED) is 0.365. The molecule has 0 saturated heterocycles. The van der Waals surface area contributed by atoms with E-state index in [2.05, 4.69) is 22.4 Å². The molecule has 0 saturated carbocycles. The number of nitrogens with zero attached hydrogens (tertiary/aromatic N) is 4. The average Bonchev–Trinajstić information content (AvgIpc) is 3.36. The van der Waals surface area contributed by atoms with E-state index < -0.39 is 5.97 Å². The number of hydrogen-bond donors (Lipinski definition) is 2. The maximum absolute atomic E-state index is 13.5. The third kappa shape index (κ3) is 4.79. The van der Waals surface area contributed by atoms with Crippen LogP contribution in [0.25, 0.3) is 11.0 Å². The normalized spacial score (nSPS) is 15.9. The van der Waals surface area contributed by atoms with Crippen molar-refractivity contribution in [2.75, 3.05) is 6.54 Å². The van der Waals surface area contributed by atoms with Crippen molar-refractivity contribution < 1.29 is 14.7 Å². The van der Waals surface area contributed by atoms with Gasteiger partial charge in [-0.1, -0.05) is 47.7 Å². The van der Waals surface area contributed by atoms with Gasteiger partial charge in [-0.25, -0.2) is 4.68 Å². The highest BCUT2D eigenvalue weighted by Gasteiger charge is 2.31. The van der Waals surface area contributed by atoms with E-state index in [1.807, 2.05) is 72.0 Å². The first-order chi connectivity index (χ1) is 18.4. The molecule has 0 bridgehead atoms. The molecule has 8 heteroatoms. The molecule has 1 unspecified atom stereocenters. The zero-order valence-corrected chi connectivity index (χ0v) is 21.8. The van der Waals surface area contributed by atoms with Gasteiger partial charge in [0.25, 0.3) is 5.91 Å². The number of hydrogen-bond acceptors (Lipinski definition) is 5. The number of nitrogens with two attached hydrogens (primary N) is 1. The summed E-state index contributed by atoms with van der Waals surface area (Å²) in [6, 6.07) is 19.5. The van der Waals surface area contributed by atoms with E-state index in [4.69, 9.17) is 5.73 Å². The lowest BCUT2D eigenvalue weighted by atomic mass is 9.82. The van der Waals surface area contributed by atoms with Gasteiger partial charge < -0.3 is 15.7 Å². The Bertz CT molecular complexity index is 1480. The predicted octanol–water partition coefficient (Wildman–Crippen LogP) is 4.28. The fourth-order valence-corrected chi connectivity index (χ4v) is 5.70. The molecule has 3 aromatic carbocycles. The monoisotopic (exact) mass is 511 g/mol. The van der Waals surface area contributed by atoms with Crippen LogP contribution in [0.15, 0.2) is 60.7 Å². The largest absolute Gasteiger partial charge is 0.481 e. The van der Waals surface area contributed by atoms with Crippen molar-refractivity contribution in [3.05, 3.63) is 94.0 Å². The summed E-state index contributed by atoms with van der Waals surface area (Å²) in [6.45, 7) is 5.67. The Labute approximate surface area is 222 Å². The number of carbonyl (C=O) groups excluding carboxylic acids is 1. The molecule has 2 heterocycles. The van der Waals surface area contributed by atoms with Crippen molar-refractivity contribution in [2.24, 2.45) is 5.73 Å². The predicted molar refractivity (Wildman–Crippen MR) is 146 cm³/mol. The zero-order valence-electron chi connectivity index (χ0n) is 21.8. The lowest BCUT2D eigenvalue weighted by Crippen LogP contribution is -2.45. The Hall–Kier alpha value is -4.04. The fraction of sp³-hybridized carbons (Fsp3) is 0.333. The van der Waals surface area contributed by atoms with Crippen molar-refractivity contribution in [2.45, 2.75) is 58.2 Å². The van der Waals surface area contributed by atoms with E-state index in [9.17, 15) is 14.7 Å². The maximum Gasteiger partial charge on any atom is 0.304 e. The topological polar surface area (TPSA) is 114 Å². The highest BCUT2D eigenvalue weighted by atomic mass is 16.4. The summed E-state index contributed by atoms with van der Waals surface area (Å²) in [5.41, 5.74) is 13.3. The van der Waals surface area contributed by atoms with E-state index in [0.717, 1.165) is 46.1 Å². The Balaban J connectivity index is 1.53. The van der Waals surface area contributed by atoms with Gasteiger partial charge in [-0.15, -0.1) is 5.10 Å². The molecule has 38 heavy (non-hydrogen) atoms. The van der Waals surface area contributed by atoms with Gasteiger partial charge in [0.15, 0.2) is 0 Å². The van der Waals surface area contributed by atoms with Crippen LogP contribution in [0.1, 0.15) is 63.9 Å². The van der Waals surface area contributed by atoms with E-state index in [1.165, 1.54) is 5.56 Å². The second kappa shape index (κ2) is 10.8. The number of benzene rings is 3. The van der Waals surface area contributed by atoms with Gasteiger partial charge in [-0.05, 0) is 79.3 Å². The number of carboxylic acid groups (broad SMARTS) is 1. The van der Waals surface area contributed by atoms with E-state index >= 15 is 0 Å². The summed E-state index contributed by atoms with van der Waals surface area (Å²) in [7, 11) is 0. The van der Waals surface area contributed by atoms with Crippen LogP contribution in [0.3, 0.4) is 0 Å². The van der Waals surface area contributed by atoms with Crippen LogP contribution in [0, 0.1) is 6.92 Å². The van der Waals surface area contributed by atoms with E-state index in [-0.39, 0.29) is 24.3 Å². The smallest absolute Gasteiger partial charge is 0.304 e. The van der Waals surface area contributed by atoms with Crippen LogP contribution in [0.2, 0.25) is 0 Å². The van der Waals surface area contributed by atoms with Crippen molar-refractivity contribution in [3.63, 3.8) is 0 Å². The second-order valence-electron chi connectivity index (χ2n) is 9.97. The zero-order chi connectivity index (χ0) is 26.8. The average molecular weight is 512 g/mol. The Morgan fingerprint density at radius 3 is 2.61 bits per heavy atom. The molecule has 0 aliphatic carbocycles. The molecule has 0 fully saturated rings. The minimum absolute atomic E-state index is 0.0116. The lowest BCUT2D eigenvalue weighted by Gasteiger charge is -2.37. The van der Waals surface area contributed by atoms with Gasteiger partial charge in [0.05, 0.1) is 11.9 Å². The molecule has 1 aliphatic rings. The Kier molecular flexibility index (Phi) is 7.24. The summed E-state index contributed by atoms with van der Waals surface area (Å²) in [4.78, 5) is 27.4. The van der Waals surface area contributed by atoms with Gasteiger partial charge in [0.1, 0.15) is 5.52 Å². The summed E-state index contributed by atoms with van der Waals surface area (Å²) in [5, 5.41) is 18.4. The SMILES string of the molecule is CCn1nnc2c(C)c([C@H](CC(=O)O)c3ccc4c(c3)CN(C(=O)c3ccccc3)C(CCN)C4)ccc21. The molecular formula is C30H33N5O3. The van der Waals surface area contributed by atoms with E-state index in [0.29, 0.717) is 25.2 Å². The third-order valence-corrected chi connectivity index (χ3v) is 7.69. The highest BCUT2D eigenvalue weighted by Crippen LogP contribution is 2.36. The van der Waals surface area contributed by atoms with Crippen LogP contribution in [-0.4, -0.2) is 49.5 Å². The molecule has 1 aromatic heterocycles. The lowest BCUT2D eigenvalue weighted by molar-refractivity contribution is -0.137. The van der Waals surface area contributed by atoms with Crippen LogP contribution in [0.4, 0.5) is 0 Å². The minimum atomic E-state index is -0.867. The molecule has 1 aliphatic heterocycles. The van der Waals surface area contributed by atoms with Crippen molar-refractivity contribution in [1.29, 1.82) is 0 Å². The fourth-order valence-electron chi connectivity index (χ4n) is 5.70. The molecule has 4 aromatic rings. The minimum Gasteiger partial charge on any atom is -0.481 e. The molecule has 8 nitrogen and oxygen atoms in total. The van der Waals surface area contributed by atoms with Gasteiger partial charge in [-0.2, -0.15) is 0 Å².